The number of aromatic nitrogens is 3. The van der Waals surface area contributed by atoms with Crippen LogP contribution in [0.1, 0.15) is 16.1 Å². The molecule has 2 aromatic heterocycles. The van der Waals surface area contributed by atoms with Gasteiger partial charge >= 0.3 is 0 Å². The van der Waals surface area contributed by atoms with Crippen molar-refractivity contribution in [3.8, 4) is 11.5 Å². The average Bonchev–Trinajstić information content (AvgIpc) is 3.50. The number of rotatable bonds is 8. The number of ether oxygens (including phenoxy) is 2. The lowest BCUT2D eigenvalue weighted by Gasteiger charge is -2.34. The first kappa shape index (κ1) is 23.8. The van der Waals surface area contributed by atoms with Gasteiger partial charge in [0.05, 0.1) is 25.5 Å². The molecule has 2 amide bonds. The van der Waals surface area contributed by atoms with Crippen LogP contribution in [0.4, 0.5) is 10.9 Å². The molecule has 11 nitrogen and oxygen atoms in total. The molecule has 0 aliphatic carbocycles. The van der Waals surface area contributed by atoms with E-state index in [1.54, 1.807) is 43.2 Å². The molecule has 0 bridgehead atoms. The van der Waals surface area contributed by atoms with Crippen molar-refractivity contribution in [3.63, 3.8) is 0 Å². The number of piperazine rings is 1. The van der Waals surface area contributed by atoms with Crippen LogP contribution < -0.4 is 19.7 Å². The molecule has 34 heavy (non-hydrogen) atoms. The van der Waals surface area contributed by atoms with Gasteiger partial charge < -0.3 is 29.1 Å². The Hall–Kier alpha value is -3.32. The normalized spacial score (nSPS) is 13.6. The van der Waals surface area contributed by atoms with Crippen molar-refractivity contribution < 1.29 is 23.6 Å². The first-order valence-electron chi connectivity index (χ1n) is 10.4. The molecule has 3 heterocycles. The van der Waals surface area contributed by atoms with Gasteiger partial charge in [-0.1, -0.05) is 28.3 Å². The fourth-order valence-corrected chi connectivity index (χ4v) is 5.06. The van der Waals surface area contributed by atoms with Crippen LogP contribution in [0.15, 0.2) is 33.1 Å². The molecule has 0 atom stereocenters. The standard InChI is InChI=1S/C21H24N6O5S2/c1-13-10-17(25-32-13)22-18(28)12-33-21-24-23-20(34-21)27-8-6-26(7-9-27)19(29)15-5-4-14(30-2)11-16(15)31-3/h4-5,10-11H,6-9,12H2,1-3H3,(H,22,25,28). The second-order valence-corrected chi connectivity index (χ2v) is 9.53. The molecule has 0 radical (unpaired) electrons. The summed E-state index contributed by atoms with van der Waals surface area (Å²) in [6.07, 6.45) is 0. The molecule has 0 unspecified atom stereocenters. The van der Waals surface area contributed by atoms with Gasteiger partial charge in [-0.15, -0.1) is 10.2 Å². The summed E-state index contributed by atoms with van der Waals surface area (Å²) in [6, 6.07) is 6.83. The predicted octanol–water partition coefficient (Wildman–Crippen LogP) is 2.54. The summed E-state index contributed by atoms with van der Waals surface area (Å²) in [7, 11) is 3.11. The summed E-state index contributed by atoms with van der Waals surface area (Å²) >= 11 is 2.73. The highest BCUT2D eigenvalue weighted by Crippen LogP contribution is 2.30. The van der Waals surface area contributed by atoms with Crippen LogP contribution in [-0.4, -0.2) is 78.2 Å². The van der Waals surface area contributed by atoms with Crippen molar-refractivity contribution >= 4 is 45.9 Å². The molecule has 1 saturated heterocycles. The number of carbonyl (C=O) groups excluding carboxylic acids is 2. The number of nitrogens with zero attached hydrogens (tertiary/aromatic N) is 5. The molecule has 1 aromatic carbocycles. The van der Waals surface area contributed by atoms with Gasteiger partial charge in [-0.2, -0.15) is 0 Å². The zero-order chi connectivity index (χ0) is 24.1. The van der Waals surface area contributed by atoms with E-state index < -0.39 is 0 Å². The van der Waals surface area contributed by atoms with E-state index in [0.29, 0.717) is 59.2 Å². The van der Waals surface area contributed by atoms with Crippen molar-refractivity contribution in [3.05, 3.63) is 35.6 Å². The molecule has 4 rings (SSSR count). The third-order valence-corrected chi connectivity index (χ3v) is 7.21. The van der Waals surface area contributed by atoms with Crippen LogP contribution in [0, 0.1) is 6.92 Å². The van der Waals surface area contributed by atoms with E-state index in [-0.39, 0.29) is 17.6 Å². The lowest BCUT2D eigenvalue weighted by atomic mass is 10.1. The van der Waals surface area contributed by atoms with Crippen LogP contribution >= 0.6 is 23.1 Å². The van der Waals surface area contributed by atoms with Gasteiger partial charge in [0, 0.05) is 38.3 Å². The lowest BCUT2D eigenvalue weighted by molar-refractivity contribution is -0.113. The summed E-state index contributed by atoms with van der Waals surface area (Å²) in [4.78, 5) is 29.0. The average molecular weight is 505 g/mol. The van der Waals surface area contributed by atoms with E-state index >= 15 is 0 Å². The van der Waals surface area contributed by atoms with Crippen LogP contribution in [0.3, 0.4) is 0 Å². The molecule has 1 aliphatic heterocycles. The summed E-state index contributed by atoms with van der Waals surface area (Å²) in [6.45, 7) is 4.13. The SMILES string of the molecule is COc1ccc(C(=O)N2CCN(c3nnc(SCC(=O)Nc4cc(C)on4)s3)CC2)c(OC)c1. The van der Waals surface area contributed by atoms with Crippen LogP contribution in [0.25, 0.3) is 0 Å². The predicted molar refractivity (Wildman–Crippen MR) is 128 cm³/mol. The molecule has 3 aromatic rings. The maximum atomic E-state index is 13.0. The van der Waals surface area contributed by atoms with Crippen LogP contribution in [-0.2, 0) is 4.79 Å². The fourth-order valence-electron chi connectivity index (χ4n) is 3.37. The van der Waals surface area contributed by atoms with E-state index in [2.05, 4.69) is 25.6 Å². The number of hydrogen-bond acceptors (Lipinski definition) is 11. The second-order valence-electron chi connectivity index (χ2n) is 7.36. The molecule has 180 valence electrons. The number of hydrogen-bond donors (Lipinski definition) is 1. The topological polar surface area (TPSA) is 123 Å². The van der Waals surface area contributed by atoms with E-state index in [9.17, 15) is 9.59 Å². The number of nitrogens with one attached hydrogen (secondary N) is 1. The first-order valence-corrected chi connectivity index (χ1v) is 12.2. The maximum absolute atomic E-state index is 13.0. The molecule has 0 spiro atoms. The van der Waals surface area contributed by atoms with Crippen molar-refractivity contribution in [2.75, 3.05) is 56.4 Å². The van der Waals surface area contributed by atoms with Gasteiger partial charge in [-0.05, 0) is 19.1 Å². The minimum Gasteiger partial charge on any atom is -0.497 e. The summed E-state index contributed by atoms with van der Waals surface area (Å²) in [5, 5.41) is 15.6. The zero-order valence-electron chi connectivity index (χ0n) is 18.9. The van der Waals surface area contributed by atoms with Crippen LogP contribution in [0.2, 0.25) is 0 Å². The van der Waals surface area contributed by atoms with Gasteiger partial charge in [-0.3, -0.25) is 9.59 Å². The Morgan fingerprint density at radius 1 is 1.15 bits per heavy atom. The van der Waals surface area contributed by atoms with Crippen molar-refractivity contribution in [1.82, 2.24) is 20.3 Å². The number of methoxy groups -OCH3 is 2. The van der Waals surface area contributed by atoms with Crippen LogP contribution in [0.5, 0.6) is 11.5 Å². The Balaban J connectivity index is 1.28. The summed E-state index contributed by atoms with van der Waals surface area (Å²) < 4.78 is 16.2. The largest absolute Gasteiger partial charge is 0.497 e. The second kappa shape index (κ2) is 10.7. The van der Waals surface area contributed by atoms with Crippen molar-refractivity contribution in [2.24, 2.45) is 0 Å². The monoisotopic (exact) mass is 504 g/mol. The third kappa shape index (κ3) is 5.59. The highest BCUT2D eigenvalue weighted by atomic mass is 32.2. The van der Waals surface area contributed by atoms with Crippen molar-refractivity contribution in [2.45, 2.75) is 11.3 Å². The van der Waals surface area contributed by atoms with Gasteiger partial charge in [0.1, 0.15) is 17.3 Å². The number of thioether (sulfide) groups is 1. The highest BCUT2D eigenvalue weighted by molar-refractivity contribution is 8.01. The highest BCUT2D eigenvalue weighted by Gasteiger charge is 2.26. The Bertz CT molecular complexity index is 1160. The lowest BCUT2D eigenvalue weighted by Crippen LogP contribution is -2.48. The molecule has 1 aliphatic rings. The number of aryl methyl sites for hydroxylation is 1. The molecular weight excluding hydrogens is 480 g/mol. The van der Waals surface area contributed by atoms with E-state index in [1.807, 2.05) is 0 Å². The molecule has 0 saturated carbocycles. The zero-order valence-corrected chi connectivity index (χ0v) is 20.6. The minimum atomic E-state index is -0.198. The Morgan fingerprint density at radius 2 is 1.94 bits per heavy atom. The van der Waals surface area contributed by atoms with Crippen molar-refractivity contribution in [1.29, 1.82) is 0 Å². The third-order valence-electron chi connectivity index (χ3n) is 5.09. The Morgan fingerprint density at radius 3 is 2.62 bits per heavy atom. The number of anilines is 2. The first-order chi connectivity index (χ1) is 16.5. The summed E-state index contributed by atoms with van der Waals surface area (Å²) in [5.74, 6) is 2.04. The minimum absolute atomic E-state index is 0.0824. The number of amides is 2. The van der Waals surface area contributed by atoms with Gasteiger partial charge in [-0.25, -0.2) is 0 Å². The molecular formula is C21H24N6O5S2. The van der Waals surface area contributed by atoms with Gasteiger partial charge in [0.15, 0.2) is 10.2 Å². The summed E-state index contributed by atoms with van der Waals surface area (Å²) in [5.41, 5.74) is 0.505. The molecule has 1 fully saturated rings. The Labute approximate surface area is 204 Å². The Kier molecular flexibility index (Phi) is 7.53. The van der Waals surface area contributed by atoms with Gasteiger partial charge in [0.2, 0.25) is 11.0 Å². The van der Waals surface area contributed by atoms with E-state index in [0.717, 1.165) is 5.13 Å². The molecule has 13 heteroatoms. The fraction of sp³-hybridized carbons (Fsp3) is 0.381. The smallest absolute Gasteiger partial charge is 0.257 e. The van der Waals surface area contributed by atoms with E-state index in [4.69, 9.17) is 14.0 Å². The van der Waals surface area contributed by atoms with E-state index in [1.165, 1.54) is 30.2 Å². The quantitative estimate of drug-likeness (QED) is 0.458. The van der Waals surface area contributed by atoms with Gasteiger partial charge in [0.25, 0.3) is 5.91 Å². The maximum Gasteiger partial charge on any atom is 0.257 e. The number of benzene rings is 1. The molecule has 1 N–H and O–H groups in total. The number of carbonyl (C=O) groups is 2.